The van der Waals surface area contributed by atoms with Crippen LogP contribution >= 0.6 is 0 Å². The first-order chi connectivity index (χ1) is 47.7. The van der Waals surface area contributed by atoms with Crippen LogP contribution in [0, 0.1) is 95.0 Å². The molecule has 101 heavy (non-hydrogen) atoms. The number of nitrogens with zero attached hydrogens (tertiary/aromatic N) is 4. The van der Waals surface area contributed by atoms with Crippen LogP contribution < -0.4 is 0 Å². The number of nitriles is 2. The number of carboxylic acid groups (broad SMARTS) is 2. The van der Waals surface area contributed by atoms with Gasteiger partial charge in [0.1, 0.15) is 24.4 Å². The molecule has 0 aromatic heterocycles. The highest BCUT2D eigenvalue weighted by Gasteiger charge is 2.65. The third-order valence-electron chi connectivity index (χ3n) is 18.9. The maximum absolute atomic E-state index is 11.5. The summed E-state index contributed by atoms with van der Waals surface area (Å²) in [6.45, 7) is 39.1. The van der Waals surface area contributed by atoms with Crippen molar-refractivity contribution in [2.75, 3.05) is 0 Å². The highest BCUT2D eigenvalue weighted by Crippen LogP contribution is 2.48. The number of hydrogen-bond acceptors (Lipinski definition) is 28. The number of carboxylic acids is 2. The van der Waals surface area contributed by atoms with Crippen LogP contribution in [0.1, 0.15) is 111 Å². The molecule has 12 fully saturated rings. The van der Waals surface area contributed by atoms with Crippen molar-refractivity contribution in [3.63, 3.8) is 0 Å². The van der Waals surface area contributed by atoms with Gasteiger partial charge in [-0.15, -0.1) is 0 Å². The summed E-state index contributed by atoms with van der Waals surface area (Å²) in [6, 6.07) is 4.14. The second-order valence-electron chi connectivity index (χ2n) is 26.0. The number of ether oxygens (including phenoxy) is 12. The second-order valence-corrected chi connectivity index (χ2v) is 26.0. The topological polar surface area (TPSA) is 447 Å². The Morgan fingerprint density at radius 1 is 0.446 bits per heavy atom. The summed E-state index contributed by atoms with van der Waals surface area (Å²) in [5.74, 6) is -12.3. The van der Waals surface area contributed by atoms with E-state index in [1.165, 1.54) is 13.8 Å². The largest absolute Gasteiger partial charge is 0.481 e. The predicted octanol–water partition coefficient (Wildman–Crippen LogP) is 4.64. The van der Waals surface area contributed by atoms with Gasteiger partial charge < -0.3 is 67.1 Å². The Labute approximate surface area is 578 Å². The zero-order valence-corrected chi connectivity index (χ0v) is 55.2. The van der Waals surface area contributed by atoms with Crippen molar-refractivity contribution in [3.8, 4) is 12.1 Å². The molecular weight excluding hydrogens is 1330 g/mol. The standard InChI is InChI=1S/2C12H13NO4.C12H14O6.2C11H11NO4.C11H12O6/c1-6(2)11(14)17-10-8(5-13)3-7-4-9(10)16-12(7)15;1-7(2)10(14)16-9-5-4-8-6-12(9,13-3)17-11(8)15;1-5(2)11(15)18-9-7(10(13)14)3-6-4-8(9)17-12(6)16;1-3-9(13)15-8-5-4-7-6-11(8,12-2)16-10(7)14;1-2-9(13)16-10-7(5-12)3-6-4-8(10)15-11(6)14;1-2-8(12)17-9-6(10(13)14)3-5-4-7(9)16-11(5)15/h7-10H,1,3-4H2,2H3;8-9H,1,4-6H2,2H3;6-9H,1,3-4H2,2H3,(H,13,14);3,7-8H,1,4-6H2;2,6-8,10H,1,3-4H2;2,5-7,9H,1,3-4H2,(H,13,14). The van der Waals surface area contributed by atoms with E-state index in [1.54, 1.807) is 6.92 Å². The lowest BCUT2D eigenvalue weighted by Crippen LogP contribution is -2.44. The Bertz CT molecular complexity index is 3620. The number of carbonyl (C=O) groups excluding carboxylic acids is 12. The third kappa shape index (κ3) is 17.7. The lowest BCUT2D eigenvalue weighted by molar-refractivity contribution is -0.168. The number of carbonyl (C=O) groups is 14. The van der Waals surface area contributed by atoms with Crippen molar-refractivity contribution in [2.45, 2.75) is 183 Å². The fourth-order valence-electron chi connectivity index (χ4n) is 13.7. The SMILES string of the molecule is C=C(C)C(=O)OC1C(C#N)CC2CC1OC2=O.C=C(C)C(=O)OC1C2CC(CC1C(=O)O)C(=O)O2.C=CC(=O)OC1C(C#N)CC2CC1OC2=O.C=CC(=O)OC1C2CC(CC1C(=O)O)C(=O)O2.[C-]#[N+]C12CC(CCC1OC(=O)C(=C)C)C(=O)O2.[C-]#[N+]C12CC(CCC1OC(=O)C=C)C(=O)O2. The molecule has 6 aliphatic carbocycles. The maximum Gasteiger partial charge on any atom is 0.415 e. The minimum atomic E-state index is -1.30. The average molecular weight is 1410 g/mol. The van der Waals surface area contributed by atoms with E-state index in [0.717, 1.165) is 18.2 Å². The molecule has 12 rings (SSSR count). The van der Waals surface area contributed by atoms with Gasteiger partial charge in [0.05, 0.1) is 84.2 Å². The smallest absolute Gasteiger partial charge is 0.415 e. The van der Waals surface area contributed by atoms with Crippen molar-refractivity contribution in [2.24, 2.45) is 59.2 Å². The van der Waals surface area contributed by atoms with Crippen molar-refractivity contribution >= 4 is 83.6 Å². The molecule has 0 aromatic carbocycles. The third-order valence-corrected chi connectivity index (χ3v) is 18.9. The van der Waals surface area contributed by atoms with Crippen molar-refractivity contribution in [1.29, 1.82) is 10.5 Å². The molecule has 0 spiro atoms. The van der Waals surface area contributed by atoms with Gasteiger partial charge in [0.2, 0.25) is 12.2 Å². The van der Waals surface area contributed by atoms with Gasteiger partial charge in [0.25, 0.3) is 0 Å². The van der Waals surface area contributed by atoms with E-state index in [1.807, 2.05) is 0 Å². The molecule has 0 amide bonds. The summed E-state index contributed by atoms with van der Waals surface area (Å²) < 4.78 is 61.0. The van der Waals surface area contributed by atoms with Gasteiger partial charge in [0.15, 0.2) is 24.4 Å². The second kappa shape index (κ2) is 32.8. The molecular formula is C69H74N4O28. The molecule has 538 valence electrons. The monoisotopic (exact) mass is 1410 g/mol. The molecule has 0 radical (unpaired) electrons. The van der Waals surface area contributed by atoms with E-state index in [-0.39, 0.29) is 83.0 Å². The summed E-state index contributed by atoms with van der Waals surface area (Å²) in [5, 5.41) is 36.2. The van der Waals surface area contributed by atoms with E-state index >= 15 is 0 Å². The number of esters is 12. The first kappa shape index (κ1) is 77.3. The Hall–Kier alpha value is -11.0. The maximum atomic E-state index is 11.5. The van der Waals surface area contributed by atoms with Gasteiger partial charge in [-0.05, 0) is 72.1 Å². The molecule has 6 heterocycles. The lowest BCUT2D eigenvalue weighted by Gasteiger charge is -2.30. The molecule has 12 aliphatic rings. The normalized spacial score (nSPS) is 35.0. The molecule has 32 heteroatoms. The number of rotatable bonds is 14. The molecule has 6 saturated carbocycles. The van der Waals surface area contributed by atoms with Crippen molar-refractivity contribution in [3.05, 3.63) is 97.3 Å². The molecule has 12 bridgehead atoms. The molecule has 2 N–H and O–H groups in total. The molecule has 22 atom stereocenters. The first-order valence-electron chi connectivity index (χ1n) is 32.1. The zero-order chi connectivity index (χ0) is 74.7. The van der Waals surface area contributed by atoms with Crippen LogP contribution in [0.2, 0.25) is 0 Å². The van der Waals surface area contributed by atoms with Gasteiger partial charge in [-0.3, -0.25) is 48.0 Å². The number of fused-ring (bicyclic) bond motifs is 12. The number of aliphatic carboxylic acids is 2. The fourth-order valence-corrected chi connectivity index (χ4v) is 13.7. The van der Waals surface area contributed by atoms with Crippen molar-refractivity contribution < 1.29 is 134 Å². The minimum Gasteiger partial charge on any atom is -0.481 e. The summed E-state index contributed by atoms with van der Waals surface area (Å²) in [5.41, 5.74) is -1.86. The predicted molar refractivity (Wildman–Crippen MR) is 331 cm³/mol. The van der Waals surface area contributed by atoms with Gasteiger partial charge in [0, 0.05) is 60.6 Å². The molecule has 0 aromatic rings. The summed E-state index contributed by atoms with van der Waals surface area (Å²) in [6.07, 6.45) is 2.12. The molecule has 6 saturated heterocycles. The Morgan fingerprint density at radius 3 is 1.08 bits per heavy atom. The molecule has 22 unspecified atom stereocenters. The minimum absolute atomic E-state index is 0.152. The van der Waals surface area contributed by atoms with Crippen LogP contribution in [0.3, 0.4) is 0 Å². The van der Waals surface area contributed by atoms with Crippen LogP contribution in [0.4, 0.5) is 0 Å². The van der Waals surface area contributed by atoms with Gasteiger partial charge in [-0.2, -0.15) is 10.5 Å². The summed E-state index contributed by atoms with van der Waals surface area (Å²) in [7, 11) is 0. The Balaban J connectivity index is 0.000000170. The zero-order valence-electron chi connectivity index (χ0n) is 55.2. The lowest BCUT2D eigenvalue weighted by atomic mass is 9.79. The molecule has 32 nitrogen and oxygen atoms in total. The highest BCUT2D eigenvalue weighted by molar-refractivity contribution is 5.89. The summed E-state index contributed by atoms with van der Waals surface area (Å²) >= 11 is 0. The van der Waals surface area contributed by atoms with Crippen LogP contribution in [0.25, 0.3) is 9.69 Å². The van der Waals surface area contributed by atoms with Gasteiger partial charge >= 0.3 is 95.0 Å². The van der Waals surface area contributed by atoms with Gasteiger partial charge in [-0.25, -0.2) is 41.9 Å². The first-order valence-corrected chi connectivity index (χ1v) is 32.1. The molecule has 6 aliphatic heterocycles. The van der Waals surface area contributed by atoms with E-state index in [4.69, 9.17) is 90.7 Å². The highest BCUT2D eigenvalue weighted by atomic mass is 16.6. The Morgan fingerprint density at radius 2 is 0.743 bits per heavy atom. The quantitative estimate of drug-likeness (QED) is 0.103. The fraction of sp³-hybridized carbons (Fsp3) is 0.565. The van der Waals surface area contributed by atoms with Crippen LogP contribution in [-0.2, 0) is 124 Å². The van der Waals surface area contributed by atoms with Crippen molar-refractivity contribution in [1.82, 2.24) is 0 Å². The van der Waals surface area contributed by atoms with E-state index in [9.17, 15) is 67.1 Å². The van der Waals surface area contributed by atoms with Crippen LogP contribution in [0.15, 0.2) is 74.4 Å². The van der Waals surface area contributed by atoms with Gasteiger partial charge in [-0.1, -0.05) is 39.5 Å². The van der Waals surface area contributed by atoms with E-state index in [2.05, 4.69) is 61.3 Å². The Kier molecular flexibility index (Phi) is 25.1. The van der Waals surface area contributed by atoms with Crippen LogP contribution in [-0.4, -0.2) is 166 Å². The van der Waals surface area contributed by atoms with Crippen LogP contribution in [0.5, 0.6) is 0 Å². The average Bonchev–Trinajstić information content (AvgIpc) is 1.63. The number of hydrogen-bond donors (Lipinski definition) is 2. The summed E-state index contributed by atoms with van der Waals surface area (Å²) in [4.78, 5) is 165. The van der Waals surface area contributed by atoms with E-state index in [0.29, 0.717) is 77.0 Å². The van der Waals surface area contributed by atoms with E-state index < -0.39 is 162 Å².